The van der Waals surface area contributed by atoms with Crippen LogP contribution in [0.4, 0.5) is 0 Å². The topological polar surface area (TPSA) is 0 Å². The van der Waals surface area contributed by atoms with E-state index in [4.69, 9.17) is 0 Å². The van der Waals surface area contributed by atoms with Crippen molar-refractivity contribution in [2.45, 2.75) is 21.3 Å². The van der Waals surface area contributed by atoms with E-state index in [0.717, 1.165) is 21.3 Å². The molecule has 0 nitrogen and oxygen atoms in total. The molecule has 0 bridgehead atoms. The normalized spacial score (nSPS) is 10.8. The molecule has 0 aliphatic rings. The first-order chi connectivity index (χ1) is 9.69. The Morgan fingerprint density at radius 3 is 0.900 bits per heavy atom. The van der Waals surface area contributed by atoms with Crippen LogP contribution in [0.2, 0.25) is 0 Å². The molecular weight excluding hydrogens is 512 g/mol. The number of benzene rings is 2. The van der Waals surface area contributed by atoms with E-state index >= 15 is 0 Å². The maximum Gasteiger partial charge on any atom is 0.0283 e. The van der Waals surface area contributed by atoms with Crippen LogP contribution in [0.1, 0.15) is 22.3 Å². The minimum Gasteiger partial charge on any atom is -0.0876 e. The van der Waals surface area contributed by atoms with Gasteiger partial charge in [-0.15, -0.1) is 0 Å². The summed E-state index contributed by atoms with van der Waals surface area (Å²) in [6.45, 7) is 0. The smallest absolute Gasteiger partial charge is 0.0283 e. The van der Waals surface area contributed by atoms with Gasteiger partial charge in [-0.2, -0.15) is 0 Å². The predicted octanol–water partition coefficient (Wildman–Crippen LogP) is 6.93. The number of halogens is 4. The van der Waals surface area contributed by atoms with E-state index in [1.807, 2.05) is 0 Å². The van der Waals surface area contributed by atoms with Crippen molar-refractivity contribution in [3.63, 3.8) is 0 Å². The SMILES string of the molecule is BrCc1cc(CBr)cc(-c2cc(CBr)cc(CBr)c2)c1. The van der Waals surface area contributed by atoms with Gasteiger partial charge in [0.25, 0.3) is 0 Å². The van der Waals surface area contributed by atoms with Gasteiger partial charge in [-0.3, -0.25) is 0 Å². The first-order valence-electron chi connectivity index (χ1n) is 6.20. The fraction of sp³-hybridized carbons (Fsp3) is 0.250. The van der Waals surface area contributed by atoms with Crippen LogP contribution in [0.5, 0.6) is 0 Å². The van der Waals surface area contributed by atoms with Gasteiger partial charge in [0.05, 0.1) is 0 Å². The molecule has 106 valence electrons. The molecule has 20 heavy (non-hydrogen) atoms. The largest absolute Gasteiger partial charge is 0.0876 e. The lowest BCUT2D eigenvalue weighted by molar-refractivity contribution is 1.32. The Labute approximate surface area is 153 Å². The first-order valence-corrected chi connectivity index (χ1v) is 10.7. The second-order valence-corrected chi connectivity index (χ2v) is 6.85. The highest BCUT2D eigenvalue weighted by Gasteiger charge is 2.06. The molecule has 0 atom stereocenters. The van der Waals surface area contributed by atoms with Gasteiger partial charge in [0.15, 0.2) is 0 Å². The molecule has 0 radical (unpaired) electrons. The number of alkyl halides is 4. The van der Waals surface area contributed by atoms with Crippen LogP contribution in [0, 0.1) is 0 Å². The van der Waals surface area contributed by atoms with Crippen LogP contribution in [0.15, 0.2) is 36.4 Å². The molecule has 0 aromatic heterocycles. The summed E-state index contributed by atoms with van der Waals surface area (Å²) < 4.78 is 0. The van der Waals surface area contributed by atoms with Gasteiger partial charge in [0, 0.05) is 21.3 Å². The Bertz CT molecular complexity index is 495. The van der Waals surface area contributed by atoms with Crippen LogP contribution in [-0.4, -0.2) is 0 Å². The molecule has 0 amide bonds. The molecule has 0 aliphatic heterocycles. The van der Waals surface area contributed by atoms with Crippen LogP contribution in [0.25, 0.3) is 11.1 Å². The highest BCUT2D eigenvalue weighted by Crippen LogP contribution is 2.28. The van der Waals surface area contributed by atoms with Crippen LogP contribution in [-0.2, 0) is 21.3 Å². The zero-order chi connectivity index (χ0) is 14.5. The fourth-order valence-corrected chi connectivity index (χ4v) is 3.46. The molecule has 2 aromatic rings. The summed E-state index contributed by atoms with van der Waals surface area (Å²) in [7, 11) is 0. The zero-order valence-electron chi connectivity index (χ0n) is 10.8. The third-order valence-corrected chi connectivity index (χ3v) is 5.65. The van der Waals surface area contributed by atoms with E-state index in [2.05, 4.69) is 100 Å². The molecule has 0 aliphatic carbocycles. The summed E-state index contributed by atoms with van der Waals surface area (Å²) in [5.41, 5.74) is 7.79. The van der Waals surface area contributed by atoms with Crippen molar-refractivity contribution >= 4 is 63.7 Å². The molecule has 0 saturated carbocycles. The Balaban J connectivity index is 2.54. The fourth-order valence-electron chi connectivity index (χ4n) is 2.17. The summed E-state index contributed by atoms with van der Waals surface area (Å²) in [6, 6.07) is 13.5. The Morgan fingerprint density at radius 2 is 0.700 bits per heavy atom. The summed E-state index contributed by atoms with van der Waals surface area (Å²) in [4.78, 5) is 0. The third-order valence-electron chi connectivity index (χ3n) is 3.06. The molecule has 2 aromatic carbocycles. The Hall–Kier alpha value is 0.360. The van der Waals surface area contributed by atoms with Crippen molar-refractivity contribution in [2.24, 2.45) is 0 Å². The summed E-state index contributed by atoms with van der Waals surface area (Å²) in [5, 5.41) is 3.52. The van der Waals surface area contributed by atoms with Crippen LogP contribution >= 0.6 is 63.7 Å². The quantitative estimate of drug-likeness (QED) is 0.371. The van der Waals surface area contributed by atoms with Gasteiger partial charge in [-0.25, -0.2) is 0 Å². The lowest BCUT2D eigenvalue weighted by Crippen LogP contribution is -1.90. The maximum absolute atomic E-state index is 3.55. The molecule has 0 spiro atoms. The second-order valence-electron chi connectivity index (χ2n) is 4.61. The maximum atomic E-state index is 3.55. The van der Waals surface area contributed by atoms with Gasteiger partial charge in [-0.1, -0.05) is 100 Å². The van der Waals surface area contributed by atoms with Crippen LogP contribution in [0.3, 0.4) is 0 Å². The van der Waals surface area contributed by atoms with Crippen molar-refractivity contribution in [1.82, 2.24) is 0 Å². The van der Waals surface area contributed by atoms with Gasteiger partial charge in [0.1, 0.15) is 0 Å². The highest BCUT2D eigenvalue weighted by molar-refractivity contribution is 9.09. The van der Waals surface area contributed by atoms with Gasteiger partial charge in [0.2, 0.25) is 0 Å². The predicted molar refractivity (Wildman–Crippen MR) is 102 cm³/mol. The van der Waals surface area contributed by atoms with E-state index in [9.17, 15) is 0 Å². The molecule has 0 fully saturated rings. The molecule has 2 rings (SSSR count). The van der Waals surface area contributed by atoms with Crippen molar-refractivity contribution in [2.75, 3.05) is 0 Å². The van der Waals surface area contributed by atoms with E-state index in [1.165, 1.54) is 33.4 Å². The first kappa shape index (κ1) is 16.7. The summed E-state index contributed by atoms with van der Waals surface area (Å²) >= 11 is 14.2. The van der Waals surface area contributed by atoms with Crippen LogP contribution < -0.4 is 0 Å². The van der Waals surface area contributed by atoms with Gasteiger partial charge in [-0.05, 0) is 33.4 Å². The van der Waals surface area contributed by atoms with E-state index in [0.29, 0.717) is 0 Å². The minimum atomic E-state index is 0.879. The number of hydrogen-bond acceptors (Lipinski definition) is 0. The molecule has 0 saturated heterocycles. The van der Waals surface area contributed by atoms with Gasteiger partial charge >= 0.3 is 0 Å². The van der Waals surface area contributed by atoms with Crippen molar-refractivity contribution in [1.29, 1.82) is 0 Å². The zero-order valence-corrected chi connectivity index (χ0v) is 17.1. The second kappa shape index (κ2) is 8.11. The molecular formula is C16H14Br4. The lowest BCUT2D eigenvalue weighted by atomic mass is 9.98. The highest BCUT2D eigenvalue weighted by atomic mass is 79.9. The van der Waals surface area contributed by atoms with E-state index in [1.54, 1.807) is 0 Å². The minimum absolute atomic E-state index is 0.879. The number of rotatable bonds is 5. The molecule has 4 heteroatoms. The van der Waals surface area contributed by atoms with E-state index in [-0.39, 0.29) is 0 Å². The Morgan fingerprint density at radius 1 is 0.450 bits per heavy atom. The standard InChI is InChI=1S/C16H14Br4/c17-7-11-1-12(8-18)4-15(3-11)16-5-13(9-19)2-14(6-16)10-20/h1-6H,7-10H2. The number of hydrogen-bond donors (Lipinski definition) is 0. The Kier molecular flexibility index (Phi) is 6.79. The van der Waals surface area contributed by atoms with Gasteiger partial charge < -0.3 is 0 Å². The van der Waals surface area contributed by atoms with Crippen molar-refractivity contribution in [3.05, 3.63) is 58.7 Å². The van der Waals surface area contributed by atoms with Crippen molar-refractivity contribution < 1.29 is 0 Å². The molecule has 0 heterocycles. The monoisotopic (exact) mass is 522 g/mol. The lowest BCUT2D eigenvalue weighted by Gasteiger charge is -2.10. The molecule has 0 unspecified atom stereocenters. The molecule has 0 N–H and O–H groups in total. The van der Waals surface area contributed by atoms with Crippen molar-refractivity contribution in [3.8, 4) is 11.1 Å². The summed E-state index contributed by atoms with van der Waals surface area (Å²) in [5.74, 6) is 0. The summed E-state index contributed by atoms with van der Waals surface area (Å²) in [6.07, 6.45) is 0. The average molecular weight is 526 g/mol. The van der Waals surface area contributed by atoms with E-state index < -0.39 is 0 Å². The third kappa shape index (κ3) is 4.19. The average Bonchev–Trinajstić information content (AvgIpc) is 2.53.